The van der Waals surface area contributed by atoms with Crippen molar-refractivity contribution in [2.45, 2.75) is 57.2 Å². The van der Waals surface area contributed by atoms with Gasteiger partial charge < -0.3 is 9.84 Å². The smallest absolute Gasteiger partial charge is 0.115 e. The van der Waals surface area contributed by atoms with E-state index >= 15 is 0 Å². The third-order valence-corrected chi connectivity index (χ3v) is 6.87. The van der Waals surface area contributed by atoms with Gasteiger partial charge >= 0.3 is 0 Å². The Bertz CT molecular complexity index is 581. The van der Waals surface area contributed by atoms with Crippen molar-refractivity contribution in [1.82, 2.24) is 0 Å². The van der Waals surface area contributed by atoms with Gasteiger partial charge in [-0.3, -0.25) is 0 Å². The van der Waals surface area contributed by atoms with Crippen LogP contribution in [0.5, 0.6) is 5.75 Å². The van der Waals surface area contributed by atoms with Crippen LogP contribution in [0.25, 0.3) is 0 Å². The van der Waals surface area contributed by atoms with Crippen molar-refractivity contribution in [3.8, 4) is 5.75 Å². The Hall–Kier alpha value is -1.02. The summed E-state index contributed by atoms with van der Waals surface area (Å²) in [5.41, 5.74) is 3.39. The van der Waals surface area contributed by atoms with Gasteiger partial charge in [0.1, 0.15) is 5.75 Å². The summed E-state index contributed by atoms with van der Waals surface area (Å²) in [6, 6.07) is 6.06. The molecule has 3 fully saturated rings. The fraction of sp³-hybridized carbons (Fsp3) is 0.667. The van der Waals surface area contributed by atoms with Gasteiger partial charge in [0, 0.05) is 0 Å². The number of rotatable bonds is 0. The number of aromatic hydroxyl groups is 1. The summed E-state index contributed by atoms with van der Waals surface area (Å²) in [5, 5.41) is 9.70. The molecule has 4 aliphatic rings. The van der Waals surface area contributed by atoms with Gasteiger partial charge in [0.15, 0.2) is 0 Å². The summed E-state index contributed by atoms with van der Waals surface area (Å²) < 4.78 is 5.86. The molecule has 20 heavy (non-hydrogen) atoms. The van der Waals surface area contributed by atoms with Crippen LogP contribution in [-0.4, -0.2) is 17.3 Å². The number of benzene rings is 1. The van der Waals surface area contributed by atoms with Crippen LogP contribution in [0.4, 0.5) is 0 Å². The molecule has 1 saturated heterocycles. The summed E-state index contributed by atoms with van der Waals surface area (Å²) in [7, 11) is 0. The van der Waals surface area contributed by atoms with E-state index in [4.69, 9.17) is 4.74 Å². The molecule has 5 rings (SSSR count). The first-order valence-electron chi connectivity index (χ1n) is 8.14. The van der Waals surface area contributed by atoms with Crippen LogP contribution in [0.2, 0.25) is 0 Å². The fourth-order valence-electron chi connectivity index (χ4n) is 5.87. The van der Waals surface area contributed by atoms with Crippen LogP contribution >= 0.6 is 0 Å². The Morgan fingerprint density at radius 1 is 1.30 bits per heavy atom. The molecule has 2 nitrogen and oxygen atoms in total. The predicted octanol–water partition coefficient (Wildman–Crippen LogP) is 3.63. The Labute approximate surface area is 120 Å². The van der Waals surface area contributed by atoms with Crippen LogP contribution in [0.15, 0.2) is 18.2 Å². The third kappa shape index (κ3) is 1.34. The topological polar surface area (TPSA) is 32.8 Å². The summed E-state index contributed by atoms with van der Waals surface area (Å²) in [6.07, 6.45) is 7.55. The largest absolute Gasteiger partial charge is 0.508 e. The number of phenols is 1. The van der Waals surface area contributed by atoms with Gasteiger partial charge in [0.05, 0.1) is 12.2 Å². The first-order chi connectivity index (χ1) is 9.67. The van der Waals surface area contributed by atoms with Crippen LogP contribution in [-0.2, 0) is 11.2 Å². The number of hydrogen-bond donors (Lipinski definition) is 1. The van der Waals surface area contributed by atoms with Gasteiger partial charge in [-0.2, -0.15) is 0 Å². The maximum Gasteiger partial charge on any atom is 0.115 e. The summed E-state index contributed by atoms with van der Waals surface area (Å²) >= 11 is 0. The Kier molecular flexibility index (Phi) is 2.09. The highest BCUT2D eigenvalue weighted by Crippen LogP contribution is 2.66. The third-order valence-electron chi connectivity index (χ3n) is 6.87. The van der Waals surface area contributed by atoms with E-state index in [0.717, 1.165) is 24.2 Å². The summed E-state index contributed by atoms with van der Waals surface area (Å²) in [6.45, 7) is 2.48. The fourth-order valence-corrected chi connectivity index (χ4v) is 5.87. The van der Waals surface area contributed by atoms with Gasteiger partial charge in [-0.25, -0.2) is 0 Å². The molecule has 1 N–H and O–H groups in total. The predicted molar refractivity (Wildman–Crippen MR) is 76.8 cm³/mol. The molecule has 6 atom stereocenters. The Balaban J connectivity index is 1.54. The SMILES string of the molecule is C[C@]12CC[C@@H]3c4ccc(O)cc4CC[C@H]3[C@@H]1C[C@H]1O[C@H]12. The van der Waals surface area contributed by atoms with E-state index in [0.29, 0.717) is 23.4 Å². The lowest BCUT2D eigenvalue weighted by Crippen LogP contribution is -2.42. The van der Waals surface area contributed by atoms with Gasteiger partial charge in [-0.1, -0.05) is 13.0 Å². The molecule has 1 aromatic carbocycles. The zero-order valence-electron chi connectivity index (χ0n) is 12.0. The minimum atomic E-state index is 0.429. The number of aryl methyl sites for hydroxylation is 1. The highest BCUT2D eigenvalue weighted by atomic mass is 16.6. The number of hydrogen-bond acceptors (Lipinski definition) is 2. The lowest BCUT2D eigenvalue weighted by Gasteiger charge is -2.49. The first-order valence-corrected chi connectivity index (χ1v) is 8.14. The first kappa shape index (κ1) is 11.6. The van der Waals surface area contributed by atoms with Gasteiger partial charge in [0.25, 0.3) is 0 Å². The lowest BCUT2D eigenvalue weighted by molar-refractivity contribution is 0.00418. The van der Waals surface area contributed by atoms with Crippen molar-refractivity contribution >= 4 is 0 Å². The van der Waals surface area contributed by atoms with Crippen molar-refractivity contribution in [1.29, 1.82) is 0 Å². The van der Waals surface area contributed by atoms with Crippen molar-refractivity contribution in [3.05, 3.63) is 29.3 Å². The second-order valence-corrected chi connectivity index (χ2v) is 7.67. The van der Waals surface area contributed by atoms with E-state index in [1.807, 2.05) is 12.1 Å². The van der Waals surface area contributed by atoms with Gasteiger partial charge in [0.2, 0.25) is 0 Å². The van der Waals surface area contributed by atoms with E-state index < -0.39 is 0 Å². The second kappa shape index (κ2) is 3.59. The van der Waals surface area contributed by atoms with E-state index in [1.165, 1.54) is 36.8 Å². The molecule has 0 amide bonds. The molecule has 3 aliphatic carbocycles. The van der Waals surface area contributed by atoms with Crippen LogP contribution in [0, 0.1) is 17.3 Å². The molecule has 0 aromatic heterocycles. The molecular formula is C18H22O2. The molecule has 2 saturated carbocycles. The second-order valence-electron chi connectivity index (χ2n) is 7.67. The van der Waals surface area contributed by atoms with Crippen LogP contribution in [0.3, 0.4) is 0 Å². The molecule has 1 heterocycles. The minimum absolute atomic E-state index is 0.429. The normalized spacial score (nSPS) is 48.0. The Morgan fingerprint density at radius 2 is 2.20 bits per heavy atom. The molecule has 106 valence electrons. The van der Waals surface area contributed by atoms with E-state index in [-0.39, 0.29) is 0 Å². The molecule has 0 radical (unpaired) electrons. The van der Waals surface area contributed by atoms with Gasteiger partial charge in [-0.15, -0.1) is 0 Å². The number of fused-ring (bicyclic) bond motifs is 7. The molecular weight excluding hydrogens is 248 g/mol. The molecule has 2 heteroatoms. The number of phenolic OH excluding ortho intramolecular Hbond substituents is 1. The highest BCUT2D eigenvalue weighted by Gasteiger charge is 2.66. The zero-order chi connectivity index (χ0) is 13.5. The van der Waals surface area contributed by atoms with Crippen molar-refractivity contribution in [2.24, 2.45) is 17.3 Å². The number of ether oxygens (including phenoxy) is 1. The molecule has 0 bridgehead atoms. The van der Waals surface area contributed by atoms with Crippen LogP contribution < -0.4 is 0 Å². The zero-order valence-corrected chi connectivity index (χ0v) is 12.0. The van der Waals surface area contributed by atoms with E-state index in [9.17, 15) is 5.11 Å². The average molecular weight is 270 g/mol. The average Bonchev–Trinajstić information content (AvgIpc) is 3.16. The summed E-state index contributed by atoms with van der Waals surface area (Å²) in [5.74, 6) is 2.88. The van der Waals surface area contributed by atoms with Gasteiger partial charge in [-0.05, 0) is 78.5 Å². The minimum Gasteiger partial charge on any atom is -0.508 e. The molecule has 1 aliphatic heterocycles. The molecule has 0 spiro atoms. The maximum atomic E-state index is 9.70. The monoisotopic (exact) mass is 270 g/mol. The van der Waals surface area contributed by atoms with Crippen molar-refractivity contribution in [3.63, 3.8) is 0 Å². The molecule has 0 unspecified atom stereocenters. The lowest BCUT2D eigenvalue weighted by atomic mass is 9.55. The highest BCUT2D eigenvalue weighted by molar-refractivity contribution is 5.40. The molecule has 1 aromatic rings. The quantitative estimate of drug-likeness (QED) is 0.730. The van der Waals surface area contributed by atoms with Crippen molar-refractivity contribution < 1.29 is 9.84 Å². The summed E-state index contributed by atoms with van der Waals surface area (Å²) in [4.78, 5) is 0. The van der Waals surface area contributed by atoms with E-state index in [2.05, 4.69) is 13.0 Å². The van der Waals surface area contributed by atoms with Crippen molar-refractivity contribution in [2.75, 3.05) is 0 Å². The standard InChI is InChI=1S/C18H22O2/c1-18-7-6-13-12-5-3-11(19)8-10(12)2-4-14(13)15(18)9-16-17(18)20-16/h3,5,8,13-17,19H,2,4,6-7,9H2,1H3/t13-,14-,15+,16-,17-,18+/m1/s1. The number of epoxide rings is 1. The maximum absolute atomic E-state index is 9.70. The Morgan fingerprint density at radius 3 is 3.10 bits per heavy atom. The van der Waals surface area contributed by atoms with Crippen LogP contribution in [0.1, 0.15) is 49.7 Å². The van der Waals surface area contributed by atoms with E-state index in [1.54, 1.807) is 0 Å².